The Hall–Kier alpha value is -1.76. The summed E-state index contributed by atoms with van der Waals surface area (Å²) in [6.45, 7) is 6.25. The summed E-state index contributed by atoms with van der Waals surface area (Å²) in [5.74, 6) is 3.62. The zero-order valence-corrected chi connectivity index (χ0v) is 9.24. The van der Waals surface area contributed by atoms with Gasteiger partial charge in [-0.25, -0.2) is 4.98 Å². The van der Waals surface area contributed by atoms with Crippen molar-refractivity contribution in [2.45, 2.75) is 26.8 Å². The van der Waals surface area contributed by atoms with Crippen LogP contribution in [0.25, 0.3) is 0 Å². The van der Waals surface area contributed by atoms with Crippen molar-refractivity contribution in [3.05, 3.63) is 11.8 Å². The van der Waals surface area contributed by atoms with Crippen LogP contribution in [0.1, 0.15) is 19.5 Å². The summed E-state index contributed by atoms with van der Waals surface area (Å²) in [4.78, 5) is 8.38. The topological polar surface area (TPSA) is 47.0 Å². The van der Waals surface area contributed by atoms with Gasteiger partial charge in [-0.05, 0) is 20.8 Å². The molecule has 1 heterocycles. The summed E-state index contributed by atoms with van der Waals surface area (Å²) in [5.41, 5.74) is 0.847. The monoisotopic (exact) mass is 205 g/mol. The maximum absolute atomic E-state index is 5.30. The Bertz CT molecular complexity index is 371. The second-order valence-corrected chi connectivity index (χ2v) is 3.14. The molecule has 0 saturated heterocycles. The van der Waals surface area contributed by atoms with Crippen molar-refractivity contribution < 1.29 is 4.74 Å². The molecule has 0 amide bonds. The molecule has 1 aromatic heterocycles. The van der Waals surface area contributed by atoms with Crippen molar-refractivity contribution in [2.75, 3.05) is 11.9 Å². The number of nitrogens with one attached hydrogen (secondary N) is 1. The number of rotatable bonds is 4. The molecule has 0 radical (unpaired) electrons. The molecule has 1 N–H and O–H groups in total. The highest BCUT2D eigenvalue weighted by molar-refractivity contribution is 5.33. The molecule has 1 aromatic rings. The Balaban J connectivity index is 2.84. The second-order valence-electron chi connectivity index (χ2n) is 3.14. The molecule has 4 heteroatoms. The van der Waals surface area contributed by atoms with Crippen LogP contribution in [0.15, 0.2) is 6.07 Å². The van der Waals surface area contributed by atoms with E-state index in [1.165, 1.54) is 0 Å². The van der Waals surface area contributed by atoms with E-state index in [0.29, 0.717) is 18.4 Å². The lowest BCUT2D eigenvalue weighted by Gasteiger charge is -2.09. The van der Waals surface area contributed by atoms with E-state index in [-0.39, 0.29) is 6.04 Å². The van der Waals surface area contributed by atoms with Crippen molar-refractivity contribution in [3.8, 4) is 18.2 Å². The van der Waals surface area contributed by atoms with Gasteiger partial charge in [-0.2, -0.15) is 4.98 Å². The predicted molar refractivity (Wildman–Crippen MR) is 59.9 cm³/mol. The number of aryl methyl sites for hydroxylation is 1. The van der Waals surface area contributed by atoms with Gasteiger partial charge in [0.1, 0.15) is 0 Å². The third-order valence-electron chi connectivity index (χ3n) is 1.72. The zero-order chi connectivity index (χ0) is 11.3. The number of hydrogen-bond acceptors (Lipinski definition) is 4. The minimum absolute atomic E-state index is 0.0960. The summed E-state index contributed by atoms with van der Waals surface area (Å²) in [6, 6.07) is 1.69. The van der Waals surface area contributed by atoms with Crippen LogP contribution in [-0.2, 0) is 0 Å². The number of ether oxygens (including phenoxy) is 1. The Morgan fingerprint density at radius 3 is 2.93 bits per heavy atom. The number of anilines is 1. The number of terminal acetylenes is 1. The fourth-order valence-corrected chi connectivity index (χ4v) is 1.06. The van der Waals surface area contributed by atoms with E-state index in [0.717, 1.165) is 5.69 Å². The van der Waals surface area contributed by atoms with Gasteiger partial charge in [-0.3, -0.25) is 0 Å². The molecular formula is C11H15N3O. The first-order chi connectivity index (χ1) is 7.15. The molecule has 0 saturated carbocycles. The number of nitrogens with zero attached hydrogens (tertiary/aromatic N) is 2. The molecule has 80 valence electrons. The molecule has 0 aliphatic heterocycles. The quantitative estimate of drug-likeness (QED) is 0.759. The average molecular weight is 205 g/mol. The highest BCUT2D eigenvalue weighted by atomic mass is 16.5. The Morgan fingerprint density at radius 2 is 2.33 bits per heavy atom. The second kappa shape index (κ2) is 5.20. The predicted octanol–water partition coefficient (Wildman–Crippen LogP) is 1.62. The minimum Gasteiger partial charge on any atom is -0.478 e. The van der Waals surface area contributed by atoms with Gasteiger partial charge in [0.05, 0.1) is 12.6 Å². The lowest BCUT2D eigenvalue weighted by Crippen LogP contribution is -2.15. The minimum atomic E-state index is -0.0960. The van der Waals surface area contributed by atoms with Crippen molar-refractivity contribution >= 4 is 5.95 Å². The lowest BCUT2D eigenvalue weighted by molar-refractivity contribution is 0.326. The molecule has 1 atom stereocenters. The molecule has 0 bridgehead atoms. The summed E-state index contributed by atoms with van der Waals surface area (Å²) in [5, 5.41) is 2.99. The van der Waals surface area contributed by atoms with E-state index in [9.17, 15) is 0 Å². The molecule has 15 heavy (non-hydrogen) atoms. The largest absolute Gasteiger partial charge is 0.478 e. The molecule has 0 aliphatic carbocycles. The standard InChI is InChI=1S/C11H15N3O/c1-5-8(3)12-11-13-9(4)7-10(14-11)15-6-2/h1,7-8H,6H2,2-4H3,(H,12,13,14). The van der Waals surface area contributed by atoms with E-state index < -0.39 is 0 Å². The first-order valence-corrected chi connectivity index (χ1v) is 4.87. The first-order valence-electron chi connectivity index (χ1n) is 4.87. The summed E-state index contributed by atoms with van der Waals surface area (Å²) >= 11 is 0. The molecule has 1 unspecified atom stereocenters. The Labute approximate surface area is 90.1 Å². The number of aromatic nitrogens is 2. The molecule has 0 aliphatic rings. The maximum atomic E-state index is 5.30. The van der Waals surface area contributed by atoms with E-state index in [1.807, 2.05) is 20.8 Å². The van der Waals surface area contributed by atoms with Gasteiger partial charge >= 0.3 is 0 Å². The SMILES string of the molecule is C#CC(C)Nc1nc(C)cc(OCC)n1. The van der Waals surface area contributed by atoms with E-state index in [1.54, 1.807) is 6.07 Å². The van der Waals surface area contributed by atoms with Crippen LogP contribution in [0, 0.1) is 19.3 Å². The smallest absolute Gasteiger partial charge is 0.227 e. The van der Waals surface area contributed by atoms with Crippen LogP contribution < -0.4 is 10.1 Å². The van der Waals surface area contributed by atoms with Gasteiger partial charge in [-0.15, -0.1) is 6.42 Å². The van der Waals surface area contributed by atoms with Crippen LogP contribution in [0.4, 0.5) is 5.95 Å². The normalized spacial score (nSPS) is 11.6. The fourth-order valence-electron chi connectivity index (χ4n) is 1.06. The van der Waals surface area contributed by atoms with Crippen LogP contribution in [-0.4, -0.2) is 22.6 Å². The van der Waals surface area contributed by atoms with E-state index in [2.05, 4.69) is 21.2 Å². The van der Waals surface area contributed by atoms with Gasteiger partial charge in [0, 0.05) is 11.8 Å². The van der Waals surface area contributed by atoms with Crippen LogP contribution in [0.3, 0.4) is 0 Å². The maximum Gasteiger partial charge on any atom is 0.227 e. The Morgan fingerprint density at radius 1 is 1.60 bits per heavy atom. The molecule has 1 rings (SSSR count). The highest BCUT2D eigenvalue weighted by Gasteiger charge is 2.04. The number of hydrogen-bond donors (Lipinski definition) is 1. The average Bonchev–Trinajstić information content (AvgIpc) is 2.17. The molecule has 4 nitrogen and oxygen atoms in total. The summed E-state index contributed by atoms with van der Waals surface area (Å²) < 4.78 is 5.30. The summed E-state index contributed by atoms with van der Waals surface area (Å²) in [7, 11) is 0. The van der Waals surface area contributed by atoms with Gasteiger partial charge in [0.15, 0.2) is 0 Å². The highest BCUT2D eigenvalue weighted by Crippen LogP contribution is 2.12. The third-order valence-corrected chi connectivity index (χ3v) is 1.72. The molecule has 0 aromatic carbocycles. The Kier molecular flexibility index (Phi) is 3.92. The van der Waals surface area contributed by atoms with Crippen LogP contribution in [0.5, 0.6) is 5.88 Å². The third kappa shape index (κ3) is 3.47. The van der Waals surface area contributed by atoms with Crippen molar-refractivity contribution in [2.24, 2.45) is 0 Å². The van der Waals surface area contributed by atoms with E-state index in [4.69, 9.17) is 11.2 Å². The van der Waals surface area contributed by atoms with Crippen molar-refractivity contribution in [1.82, 2.24) is 9.97 Å². The van der Waals surface area contributed by atoms with Crippen molar-refractivity contribution in [3.63, 3.8) is 0 Å². The summed E-state index contributed by atoms with van der Waals surface area (Å²) in [6.07, 6.45) is 5.26. The van der Waals surface area contributed by atoms with Crippen LogP contribution in [0.2, 0.25) is 0 Å². The zero-order valence-electron chi connectivity index (χ0n) is 9.24. The van der Waals surface area contributed by atoms with E-state index >= 15 is 0 Å². The molecule has 0 fully saturated rings. The van der Waals surface area contributed by atoms with Crippen LogP contribution >= 0.6 is 0 Å². The van der Waals surface area contributed by atoms with Crippen molar-refractivity contribution in [1.29, 1.82) is 0 Å². The van der Waals surface area contributed by atoms with Gasteiger partial charge < -0.3 is 10.1 Å². The first kappa shape index (κ1) is 11.3. The molecule has 0 spiro atoms. The van der Waals surface area contributed by atoms with Gasteiger partial charge in [0.2, 0.25) is 11.8 Å². The fraction of sp³-hybridized carbons (Fsp3) is 0.455. The molecular weight excluding hydrogens is 190 g/mol. The lowest BCUT2D eigenvalue weighted by atomic mass is 10.4. The van der Waals surface area contributed by atoms with Gasteiger partial charge in [-0.1, -0.05) is 5.92 Å². The van der Waals surface area contributed by atoms with Gasteiger partial charge in [0.25, 0.3) is 0 Å².